The van der Waals surface area contributed by atoms with E-state index in [2.05, 4.69) is 158 Å². The maximum Gasteiger partial charge on any atom is 0.147 e. The molecule has 9 rings (SSSR count). The lowest BCUT2D eigenvalue weighted by atomic mass is 9.89. The van der Waals surface area contributed by atoms with E-state index in [1.165, 1.54) is 16.8 Å². The molecule has 0 radical (unpaired) electrons. The van der Waals surface area contributed by atoms with Gasteiger partial charge in [-0.25, -0.2) is 0 Å². The highest BCUT2D eigenvalue weighted by molar-refractivity contribution is 6.13. The summed E-state index contributed by atoms with van der Waals surface area (Å²) in [6.07, 6.45) is 9.79. The molecule has 51 heavy (non-hydrogen) atoms. The van der Waals surface area contributed by atoms with Crippen LogP contribution in [0.3, 0.4) is 0 Å². The Morgan fingerprint density at radius 2 is 1.45 bits per heavy atom. The summed E-state index contributed by atoms with van der Waals surface area (Å²) in [5.74, 6) is 1.22. The van der Waals surface area contributed by atoms with Crippen LogP contribution in [0.25, 0.3) is 27.6 Å². The Morgan fingerprint density at radius 1 is 0.745 bits per heavy atom. The van der Waals surface area contributed by atoms with Crippen molar-refractivity contribution >= 4 is 33.6 Å². The summed E-state index contributed by atoms with van der Waals surface area (Å²) in [6.45, 7) is 4.34. The van der Waals surface area contributed by atoms with Crippen LogP contribution in [0, 0.1) is 25.7 Å². The topological polar surface area (TPSA) is 47.9 Å². The molecule has 1 aliphatic heterocycles. The van der Waals surface area contributed by atoms with E-state index in [-0.39, 0.29) is 6.17 Å². The zero-order valence-electron chi connectivity index (χ0n) is 28.8. The maximum absolute atomic E-state index is 12.3. The number of phenolic OH excluding ortho intramolecular Hbond substituents is 1. The van der Waals surface area contributed by atoms with Crippen molar-refractivity contribution in [3.63, 3.8) is 0 Å². The molecule has 1 heterocycles. The number of fused-ring (bicyclic) bond motifs is 2. The van der Waals surface area contributed by atoms with Crippen molar-refractivity contribution in [3.8, 4) is 16.9 Å². The third-order valence-corrected chi connectivity index (χ3v) is 10.6. The van der Waals surface area contributed by atoms with Crippen LogP contribution >= 0.6 is 0 Å². The van der Waals surface area contributed by atoms with Gasteiger partial charge in [0.1, 0.15) is 11.9 Å². The number of hydrogen-bond donors (Lipinski definition) is 2. The number of aromatic hydroxyl groups is 1. The number of hydrogen-bond acceptors (Lipinski definition) is 4. The highest BCUT2D eigenvalue weighted by atomic mass is 16.3. The lowest BCUT2D eigenvalue weighted by Gasteiger charge is -2.33. The molecule has 3 atom stereocenters. The molecule has 4 nitrogen and oxygen atoms in total. The van der Waals surface area contributed by atoms with Crippen LogP contribution in [0.1, 0.15) is 40.4 Å². The normalized spacial score (nSPS) is 19.0. The van der Waals surface area contributed by atoms with Crippen LogP contribution in [-0.2, 0) is 0 Å². The van der Waals surface area contributed by atoms with E-state index in [4.69, 9.17) is 4.99 Å². The maximum atomic E-state index is 12.3. The van der Waals surface area contributed by atoms with Crippen LogP contribution in [0.5, 0.6) is 5.75 Å². The van der Waals surface area contributed by atoms with Crippen LogP contribution in [0.15, 0.2) is 168 Å². The van der Waals surface area contributed by atoms with E-state index in [1.54, 1.807) is 0 Å². The molecule has 0 saturated heterocycles. The van der Waals surface area contributed by atoms with Crippen molar-refractivity contribution < 1.29 is 5.11 Å². The highest BCUT2D eigenvalue weighted by Gasteiger charge is 2.43. The summed E-state index contributed by atoms with van der Waals surface area (Å²) < 4.78 is 0. The molecule has 0 aromatic heterocycles. The lowest BCUT2D eigenvalue weighted by Crippen LogP contribution is -2.25. The number of aryl methyl sites for hydroxylation is 1. The average molecular weight is 662 g/mol. The number of aliphatic imine (C=N–C) groups is 1. The summed E-state index contributed by atoms with van der Waals surface area (Å²) in [6, 6.07) is 46.3. The molecule has 6 aromatic rings. The summed E-state index contributed by atoms with van der Waals surface area (Å²) in [4.78, 5) is 7.49. The Hall–Kier alpha value is -6.13. The van der Waals surface area contributed by atoms with Crippen LogP contribution in [0.2, 0.25) is 0 Å². The third-order valence-electron chi connectivity index (χ3n) is 10.6. The molecule has 0 spiro atoms. The van der Waals surface area contributed by atoms with Crippen molar-refractivity contribution in [2.45, 2.75) is 26.4 Å². The number of nitrogens with zero attached hydrogens (tertiary/aromatic N) is 2. The van der Waals surface area contributed by atoms with Gasteiger partial charge >= 0.3 is 0 Å². The molecule has 248 valence electrons. The monoisotopic (exact) mass is 661 g/mol. The van der Waals surface area contributed by atoms with Gasteiger partial charge in [0.2, 0.25) is 0 Å². The van der Waals surface area contributed by atoms with Crippen LogP contribution in [-0.4, -0.2) is 10.8 Å². The standard InChI is InChI=1S/C47H39N3O/c1-30-15-9-10-23-37(30)44-31(2)45(46(51)39-25-12-11-24-38(39)44)50(43-26-14-20-34-28-40(34)43)36-22-13-21-35(27-36)42-29-41(32-16-5-3-6-17-32)48-47(49-42)33-18-7-4-8-19-33/h3-27,29,34,40,47,49,51H,28H2,1-2H3/t34-,40?,47?/m1/s1. The number of anilines is 2. The van der Waals surface area contributed by atoms with E-state index in [1.807, 2.05) is 24.3 Å². The highest BCUT2D eigenvalue weighted by Crippen LogP contribution is 2.55. The van der Waals surface area contributed by atoms with Crippen LogP contribution < -0.4 is 10.2 Å². The predicted octanol–water partition coefficient (Wildman–Crippen LogP) is 11.2. The van der Waals surface area contributed by atoms with Crippen molar-refractivity contribution in [1.29, 1.82) is 0 Å². The molecule has 2 unspecified atom stereocenters. The second-order valence-electron chi connectivity index (χ2n) is 13.8. The van der Waals surface area contributed by atoms with E-state index >= 15 is 0 Å². The fraction of sp³-hybridized carbons (Fsp3) is 0.128. The van der Waals surface area contributed by atoms with Gasteiger partial charge in [0.05, 0.1) is 11.4 Å². The first-order chi connectivity index (χ1) is 25.0. The van der Waals surface area contributed by atoms with E-state index in [0.29, 0.717) is 17.6 Å². The lowest BCUT2D eigenvalue weighted by molar-refractivity contribution is 0.482. The SMILES string of the molecule is Cc1ccccc1-c1c(C)c(N(C2=CC=C[C@@H]3CC23)c2cccc(C3=CC(c4ccccc4)=NC(c4ccccc4)N3)c2)c(O)c2ccccc12. The minimum atomic E-state index is -0.233. The number of allylic oxidation sites excluding steroid dienone is 5. The molecular formula is C47H39N3O. The molecule has 0 bridgehead atoms. The molecule has 0 amide bonds. The van der Waals surface area contributed by atoms with E-state index < -0.39 is 0 Å². The second kappa shape index (κ2) is 12.6. The van der Waals surface area contributed by atoms with Crippen molar-refractivity contribution in [1.82, 2.24) is 5.32 Å². The quantitative estimate of drug-likeness (QED) is 0.179. The number of rotatable bonds is 7. The smallest absolute Gasteiger partial charge is 0.147 e. The Morgan fingerprint density at radius 3 is 2.25 bits per heavy atom. The first kappa shape index (κ1) is 30.9. The van der Waals surface area contributed by atoms with E-state index in [9.17, 15) is 5.11 Å². The largest absolute Gasteiger partial charge is 0.505 e. The first-order valence-corrected chi connectivity index (χ1v) is 17.8. The fourth-order valence-corrected chi connectivity index (χ4v) is 7.92. The molecule has 1 saturated carbocycles. The summed E-state index contributed by atoms with van der Waals surface area (Å²) >= 11 is 0. The number of benzene rings is 6. The molecule has 6 aromatic carbocycles. The average Bonchev–Trinajstić information content (AvgIpc) is 3.99. The molecule has 4 heteroatoms. The Balaban J connectivity index is 1.23. The van der Waals surface area contributed by atoms with Gasteiger partial charge in [-0.15, -0.1) is 0 Å². The van der Waals surface area contributed by atoms with Gasteiger partial charge < -0.3 is 15.3 Å². The van der Waals surface area contributed by atoms with Gasteiger partial charge in [-0.1, -0.05) is 133 Å². The van der Waals surface area contributed by atoms with Gasteiger partial charge in [0.15, 0.2) is 0 Å². The third kappa shape index (κ3) is 5.54. The predicted molar refractivity (Wildman–Crippen MR) is 211 cm³/mol. The van der Waals surface area contributed by atoms with Crippen molar-refractivity contribution in [3.05, 3.63) is 191 Å². The Labute approximate surface area is 299 Å². The zero-order valence-corrected chi connectivity index (χ0v) is 28.8. The van der Waals surface area contributed by atoms with E-state index in [0.717, 1.165) is 67.8 Å². The second-order valence-corrected chi connectivity index (χ2v) is 13.8. The Bertz CT molecular complexity index is 2420. The van der Waals surface area contributed by atoms with Gasteiger partial charge in [-0.05, 0) is 94.8 Å². The van der Waals surface area contributed by atoms with Crippen molar-refractivity contribution in [2.24, 2.45) is 16.8 Å². The number of phenols is 1. The van der Waals surface area contributed by atoms with Crippen molar-refractivity contribution in [2.75, 3.05) is 4.90 Å². The Kier molecular flexibility index (Phi) is 7.66. The number of nitrogens with one attached hydrogen (secondary N) is 1. The molecule has 3 aliphatic rings. The first-order valence-electron chi connectivity index (χ1n) is 17.8. The van der Waals surface area contributed by atoms with Gasteiger partial charge in [-0.3, -0.25) is 4.99 Å². The molecule has 2 N–H and O–H groups in total. The fourth-order valence-electron chi connectivity index (χ4n) is 7.92. The molecule has 1 fully saturated rings. The zero-order chi connectivity index (χ0) is 34.5. The minimum absolute atomic E-state index is 0.233. The van der Waals surface area contributed by atoms with Gasteiger partial charge in [0, 0.05) is 28.4 Å². The summed E-state index contributed by atoms with van der Waals surface area (Å²) in [7, 11) is 0. The molecule has 2 aliphatic carbocycles. The minimum Gasteiger partial charge on any atom is -0.505 e. The molecular weight excluding hydrogens is 623 g/mol. The van der Waals surface area contributed by atoms with Gasteiger partial charge in [0.25, 0.3) is 0 Å². The summed E-state index contributed by atoms with van der Waals surface area (Å²) in [5, 5.41) is 18.0. The summed E-state index contributed by atoms with van der Waals surface area (Å²) in [5.41, 5.74) is 12.8. The van der Waals surface area contributed by atoms with Crippen LogP contribution in [0.4, 0.5) is 11.4 Å². The van der Waals surface area contributed by atoms with Gasteiger partial charge in [-0.2, -0.15) is 0 Å².